The van der Waals surface area contributed by atoms with Crippen LogP contribution in [0.3, 0.4) is 0 Å². The molecule has 6 heteroatoms. The summed E-state index contributed by atoms with van der Waals surface area (Å²) in [6.07, 6.45) is 1.70. The molecular weight excluding hydrogens is 362 g/mol. The zero-order valence-electron chi connectivity index (χ0n) is 15.3. The van der Waals surface area contributed by atoms with Crippen molar-refractivity contribution in [2.24, 2.45) is 0 Å². The van der Waals surface area contributed by atoms with Gasteiger partial charge in [-0.3, -0.25) is 9.59 Å². The first-order valence-corrected chi connectivity index (χ1v) is 9.16. The molecule has 1 heterocycles. The highest BCUT2D eigenvalue weighted by Gasteiger charge is 2.33. The van der Waals surface area contributed by atoms with Gasteiger partial charge in [0.2, 0.25) is 0 Å². The molecule has 1 aliphatic heterocycles. The Morgan fingerprint density at radius 1 is 1.19 bits per heavy atom. The van der Waals surface area contributed by atoms with E-state index in [9.17, 15) is 9.59 Å². The van der Waals surface area contributed by atoms with E-state index in [0.29, 0.717) is 17.8 Å². The molecule has 0 bridgehead atoms. The third kappa shape index (κ3) is 4.12. The molecule has 0 saturated carbocycles. The van der Waals surface area contributed by atoms with E-state index in [1.807, 2.05) is 19.9 Å². The van der Waals surface area contributed by atoms with Gasteiger partial charge < -0.3 is 10.2 Å². The maximum Gasteiger partial charge on any atom is 0.313 e. The number of nitrogens with zero attached hydrogens (tertiary/aromatic N) is 2. The van der Waals surface area contributed by atoms with Crippen molar-refractivity contribution in [1.82, 2.24) is 4.90 Å². The largest absolute Gasteiger partial charge is 0.327 e. The number of nitriles is 1. The van der Waals surface area contributed by atoms with Crippen LogP contribution in [0.5, 0.6) is 0 Å². The summed E-state index contributed by atoms with van der Waals surface area (Å²) in [6.45, 7) is 4.61. The zero-order valence-corrected chi connectivity index (χ0v) is 16.0. The summed E-state index contributed by atoms with van der Waals surface area (Å²) in [7, 11) is 0. The number of aryl methyl sites for hydroxylation is 2. The van der Waals surface area contributed by atoms with E-state index in [-0.39, 0.29) is 11.1 Å². The van der Waals surface area contributed by atoms with Gasteiger partial charge in [-0.1, -0.05) is 40.9 Å². The van der Waals surface area contributed by atoms with Crippen molar-refractivity contribution in [2.45, 2.75) is 32.7 Å². The van der Waals surface area contributed by atoms with E-state index in [1.165, 1.54) is 12.1 Å². The van der Waals surface area contributed by atoms with Gasteiger partial charge in [-0.25, -0.2) is 0 Å². The average Bonchev–Trinajstić information content (AvgIpc) is 3.10. The minimum absolute atomic E-state index is 0.0913. The monoisotopic (exact) mass is 381 g/mol. The number of likely N-dealkylation sites (tertiary alicyclic amines) is 1. The summed E-state index contributed by atoms with van der Waals surface area (Å²) in [5.41, 5.74) is 4.05. The summed E-state index contributed by atoms with van der Waals surface area (Å²) in [5.74, 6) is -1.26. The Bertz CT molecular complexity index is 929. The lowest BCUT2D eigenvalue weighted by atomic mass is 9.99. The maximum absolute atomic E-state index is 12.7. The highest BCUT2D eigenvalue weighted by molar-refractivity contribution is 6.40. The van der Waals surface area contributed by atoms with Gasteiger partial charge in [0.15, 0.2) is 0 Å². The fourth-order valence-corrected chi connectivity index (χ4v) is 3.78. The first-order chi connectivity index (χ1) is 12.9. The van der Waals surface area contributed by atoms with Gasteiger partial charge in [0, 0.05) is 12.2 Å². The Morgan fingerprint density at radius 3 is 2.52 bits per heavy atom. The van der Waals surface area contributed by atoms with E-state index in [1.54, 1.807) is 11.0 Å². The first kappa shape index (κ1) is 18.9. The van der Waals surface area contributed by atoms with Gasteiger partial charge in [0.05, 0.1) is 16.6 Å². The second-order valence-corrected chi connectivity index (χ2v) is 7.25. The number of nitrogens with one attached hydrogen (secondary N) is 1. The van der Waals surface area contributed by atoms with Crippen LogP contribution in [0.25, 0.3) is 0 Å². The van der Waals surface area contributed by atoms with Crippen LogP contribution in [0.15, 0.2) is 36.4 Å². The molecular formula is C21H20ClN3O2. The van der Waals surface area contributed by atoms with Crippen molar-refractivity contribution in [1.29, 1.82) is 5.26 Å². The fraction of sp³-hybridized carbons (Fsp3) is 0.286. The van der Waals surface area contributed by atoms with Gasteiger partial charge in [0.1, 0.15) is 6.07 Å². The lowest BCUT2D eigenvalue weighted by Gasteiger charge is -2.25. The van der Waals surface area contributed by atoms with Crippen LogP contribution in [0, 0.1) is 25.2 Å². The predicted octanol–water partition coefficient (Wildman–Crippen LogP) is 4.13. The number of amides is 2. The number of hydrogen-bond donors (Lipinski definition) is 1. The van der Waals surface area contributed by atoms with Gasteiger partial charge in [-0.2, -0.15) is 5.26 Å². The second kappa shape index (κ2) is 7.81. The Hall–Kier alpha value is -2.84. The third-order valence-corrected chi connectivity index (χ3v) is 5.00. The summed E-state index contributed by atoms with van der Waals surface area (Å²) in [5, 5.41) is 11.7. The molecule has 3 rings (SSSR count). The summed E-state index contributed by atoms with van der Waals surface area (Å²) >= 11 is 5.98. The first-order valence-electron chi connectivity index (χ1n) is 8.79. The SMILES string of the molecule is Cc1cc(C)cc(C2CCCN2C(=O)C(=O)Nc2ccc(C#N)c(Cl)c2)c1. The molecule has 1 saturated heterocycles. The molecule has 0 aliphatic carbocycles. The van der Waals surface area contributed by atoms with Crippen molar-refractivity contribution >= 4 is 29.1 Å². The van der Waals surface area contributed by atoms with Crippen molar-refractivity contribution in [3.63, 3.8) is 0 Å². The van der Waals surface area contributed by atoms with Gasteiger partial charge >= 0.3 is 11.8 Å². The Labute approximate surface area is 163 Å². The molecule has 1 aliphatic rings. The van der Waals surface area contributed by atoms with Crippen LogP contribution < -0.4 is 5.32 Å². The fourth-order valence-electron chi connectivity index (χ4n) is 3.56. The van der Waals surface area contributed by atoms with Crippen LogP contribution in [-0.2, 0) is 9.59 Å². The minimum atomic E-state index is -0.702. The number of carbonyl (C=O) groups excluding carboxylic acids is 2. The minimum Gasteiger partial charge on any atom is -0.327 e. The normalized spacial score (nSPS) is 16.1. The number of hydrogen-bond acceptors (Lipinski definition) is 3. The number of halogens is 1. The van der Waals surface area contributed by atoms with Crippen molar-refractivity contribution in [3.05, 3.63) is 63.7 Å². The molecule has 0 radical (unpaired) electrons. The Balaban J connectivity index is 1.76. The van der Waals surface area contributed by atoms with Crippen LogP contribution in [-0.4, -0.2) is 23.3 Å². The van der Waals surface area contributed by atoms with Gasteiger partial charge in [0.25, 0.3) is 0 Å². The van der Waals surface area contributed by atoms with Crippen molar-refractivity contribution in [2.75, 3.05) is 11.9 Å². The van der Waals surface area contributed by atoms with Crippen LogP contribution in [0.1, 0.15) is 41.1 Å². The number of rotatable bonds is 2. The van der Waals surface area contributed by atoms with Gasteiger partial charge in [-0.05, 0) is 50.5 Å². The topological polar surface area (TPSA) is 73.2 Å². The van der Waals surface area contributed by atoms with E-state index in [2.05, 4.69) is 23.5 Å². The van der Waals surface area contributed by atoms with E-state index < -0.39 is 11.8 Å². The summed E-state index contributed by atoms with van der Waals surface area (Å²) in [6, 6.07) is 12.6. The standard InChI is InChI=1S/C21H20ClN3O2/c1-13-8-14(2)10-16(9-13)19-4-3-7-25(19)21(27)20(26)24-17-6-5-15(12-23)18(22)11-17/h5-6,8-11,19H,3-4,7H2,1-2H3,(H,24,26). The Kier molecular flexibility index (Phi) is 5.48. The van der Waals surface area contributed by atoms with E-state index in [0.717, 1.165) is 29.5 Å². The lowest BCUT2D eigenvalue weighted by molar-refractivity contribution is -0.143. The van der Waals surface area contributed by atoms with Gasteiger partial charge in [-0.15, -0.1) is 0 Å². The quantitative estimate of drug-likeness (QED) is 0.795. The molecule has 2 aromatic rings. The number of anilines is 1. The molecule has 1 fully saturated rings. The average molecular weight is 382 g/mol. The van der Waals surface area contributed by atoms with Crippen molar-refractivity contribution < 1.29 is 9.59 Å². The molecule has 2 aromatic carbocycles. The molecule has 2 amide bonds. The second-order valence-electron chi connectivity index (χ2n) is 6.84. The smallest absolute Gasteiger partial charge is 0.313 e. The molecule has 1 unspecified atom stereocenters. The molecule has 1 N–H and O–H groups in total. The summed E-state index contributed by atoms with van der Waals surface area (Å²) < 4.78 is 0. The van der Waals surface area contributed by atoms with Crippen LogP contribution >= 0.6 is 11.6 Å². The van der Waals surface area contributed by atoms with Crippen LogP contribution in [0.2, 0.25) is 5.02 Å². The maximum atomic E-state index is 12.7. The molecule has 138 valence electrons. The highest BCUT2D eigenvalue weighted by Crippen LogP contribution is 2.33. The van der Waals surface area contributed by atoms with Crippen LogP contribution in [0.4, 0.5) is 5.69 Å². The number of carbonyl (C=O) groups is 2. The third-order valence-electron chi connectivity index (χ3n) is 4.68. The van der Waals surface area contributed by atoms with E-state index in [4.69, 9.17) is 16.9 Å². The highest BCUT2D eigenvalue weighted by atomic mass is 35.5. The van der Waals surface area contributed by atoms with Crippen molar-refractivity contribution in [3.8, 4) is 6.07 Å². The predicted molar refractivity (Wildman–Crippen MR) is 104 cm³/mol. The molecule has 0 aromatic heterocycles. The zero-order chi connectivity index (χ0) is 19.6. The number of benzene rings is 2. The Morgan fingerprint density at radius 2 is 1.89 bits per heavy atom. The molecule has 0 spiro atoms. The molecule has 5 nitrogen and oxygen atoms in total. The summed E-state index contributed by atoms with van der Waals surface area (Å²) in [4.78, 5) is 26.8. The lowest BCUT2D eigenvalue weighted by Crippen LogP contribution is -2.39. The molecule has 1 atom stereocenters. The molecule has 27 heavy (non-hydrogen) atoms. The van der Waals surface area contributed by atoms with E-state index >= 15 is 0 Å².